The van der Waals surface area contributed by atoms with Gasteiger partial charge in [-0.15, -0.1) is 0 Å². The molecule has 0 radical (unpaired) electrons. The van der Waals surface area contributed by atoms with Crippen molar-refractivity contribution in [3.8, 4) is 0 Å². The summed E-state index contributed by atoms with van der Waals surface area (Å²) in [5.41, 5.74) is 0.667. The van der Waals surface area contributed by atoms with Crippen LogP contribution in [0, 0.1) is 58.7 Å². The van der Waals surface area contributed by atoms with Gasteiger partial charge in [-0.3, -0.25) is 0 Å². The van der Waals surface area contributed by atoms with Gasteiger partial charge in [0.1, 0.15) is 0 Å². The van der Waals surface area contributed by atoms with E-state index in [0.717, 1.165) is 66.8 Å². The van der Waals surface area contributed by atoms with Crippen molar-refractivity contribution in [2.24, 2.45) is 58.7 Å². The van der Waals surface area contributed by atoms with E-state index in [2.05, 4.69) is 138 Å². The van der Waals surface area contributed by atoms with Crippen molar-refractivity contribution in [1.29, 1.82) is 0 Å². The average Bonchev–Trinajstić information content (AvgIpc) is 3.34. The molecule has 3 heteroatoms. The SMILES string of the molecule is CC1COC(C)C(C)C1C.CCC(C)CC.CCC(CC)(CC)CC.CCC1OC(C)C(C)C(C)C1C.CCC1OC(C)C(C)C1C. The van der Waals surface area contributed by atoms with Crippen LogP contribution < -0.4 is 0 Å². The summed E-state index contributed by atoms with van der Waals surface area (Å²) in [7, 11) is 0. The Morgan fingerprint density at radius 1 is 0.468 bits per heavy atom. The van der Waals surface area contributed by atoms with E-state index in [4.69, 9.17) is 14.2 Å². The van der Waals surface area contributed by atoms with Gasteiger partial charge in [-0.1, -0.05) is 156 Å². The zero-order valence-electron chi connectivity index (χ0n) is 36.2. The first-order valence-electron chi connectivity index (χ1n) is 20.8. The van der Waals surface area contributed by atoms with Crippen molar-refractivity contribution in [2.45, 2.75) is 220 Å². The Balaban J connectivity index is 0. The first kappa shape index (κ1) is 49.0. The number of ether oxygens (including phenoxy) is 3. The van der Waals surface area contributed by atoms with Crippen LogP contribution in [-0.4, -0.2) is 37.1 Å². The molecule has 3 rings (SSSR count). The average molecular weight is 669 g/mol. The van der Waals surface area contributed by atoms with E-state index in [0.29, 0.717) is 41.9 Å². The van der Waals surface area contributed by atoms with Crippen LogP contribution in [-0.2, 0) is 14.2 Å². The van der Waals surface area contributed by atoms with E-state index in [9.17, 15) is 0 Å². The molecule has 0 aliphatic carbocycles. The highest BCUT2D eigenvalue weighted by Crippen LogP contribution is 2.36. The summed E-state index contributed by atoms with van der Waals surface area (Å²) in [5, 5.41) is 0. The van der Waals surface area contributed by atoms with Gasteiger partial charge >= 0.3 is 0 Å². The van der Waals surface area contributed by atoms with Crippen LogP contribution in [0.2, 0.25) is 0 Å². The van der Waals surface area contributed by atoms with E-state index in [1.54, 1.807) is 0 Å². The molecule has 0 amide bonds. The molecule has 0 aromatic carbocycles. The number of hydrogen-bond donors (Lipinski definition) is 0. The summed E-state index contributed by atoms with van der Waals surface area (Å²) < 4.78 is 17.2. The molecule has 3 aliphatic rings. The third kappa shape index (κ3) is 16.6. The quantitative estimate of drug-likeness (QED) is 0.258. The van der Waals surface area contributed by atoms with Crippen LogP contribution in [0.1, 0.15) is 190 Å². The Morgan fingerprint density at radius 3 is 1.09 bits per heavy atom. The van der Waals surface area contributed by atoms with Gasteiger partial charge in [0.15, 0.2) is 0 Å². The molecule has 3 fully saturated rings. The summed E-state index contributed by atoms with van der Waals surface area (Å²) in [6, 6.07) is 0. The minimum atomic E-state index is 0.446. The molecule has 3 aliphatic heterocycles. The van der Waals surface area contributed by atoms with E-state index in [1.165, 1.54) is 38.5 Å². The summed E-state index contributed by atoms with van der Waals surface area (Å²) in [6.07, 6.45) is 12.7. The molecular formula is C44H92O3. The fourth-order valence-electron chi connectivity index (χ4n) is 7.34. The van der Waals surface area contributed by atoms with Crippen molar-refractivity contribution in [3.63, 3.8) is 0 Å². The molecule has 0 spiro atoms. The minimum Gasteiger partial charge on any atom is -0.378 e. The van der Waals surface area contributed by atoms with E-state index in [-0.39, 0.29) is 0 Å². The molecule has 3 saturated heterocycles. The van der Waals surface area contributed by atoms with Crippen LogP contribution in [0.4, 0.5) is 0 Å². The fourth-order valence-corrected chi connectivity index (χ4v) is 7.34. The second-order valence-electron chi connectivity index (χ2n) is 16.4. The van der Waals surface area contributed by atoms with Crippen LogP contribution in [0.3, 0.4) is 0 Å². The Hall–Kier alpha value is -0.120. The molecule has 0 N–H and O–H groups in total. The first-order chi connectivity index (χ1) is 21.9. The zero-order chi connectivity index (χ0) is 37.1. The maximum Gasteiger partial charge on any atom is 0.0605 e. The normalized spacial score (nSPS) is 36.8. The van der Waals surface area contributed by atoms with Crippen LogP contribution in [0.15, 0.2) is 0 Å². The van der Waals surface area contributed by atoms with E-state index >= 15 is 0 Å². The lowest BCUT2D eigenvalue weighted by Gasteiger charge is -2.42. The molecule has 0 bridgehead atoms. The van der Waals surface area contributed by atoms with Gasteiger partial charge in [-0.2, -0.15) is 0 Å². The maximum atomic E-state index is 5.93. The molecular weight excluding hydrogens is 576 g/mol. The highest BCUT2D eigenvalue weighted by atomic mass is 16.5. The Labute approximate surface area is 299 Å². The van der Waals surface area contributed by atoms with Crippen molar-refractivity contribution < 1.29 is 14.2 Å². The summed E-state index contributed by atoms with van der Waals surface area (Å²) in [4.78, 5) is 0. The summed E-state index contributed by atoms with van der Waals surface area (Å²) in [6.45, 7) is 46.3. The van der Waals surface area contributed by atoms with E-state index in [1.807, 2.05) is 0 Å². The summed E-state index contributed by atoms with van der Waals surface area (Å²) in [5.74, 6) is 6.95. The van der Waals surface area contributed by atoms with Gasteiger partial charge in [-0.05, 0) is 92.3 Å². The molecule has 13 unspecified atom stereocenters. The number of hydrogen-bond acceptors (Lipinski definition) is 3. The lowest BCUT2D eigenvalue weighted by molar-refractivity contribution is -0.125. The third-order valence-corrected chi connectivity index (χ3v) is 14.2. The smallest absolute Gasteiger partial charge is 0.0605 e. The van der Waals surface area contributed by atoms with Crippen LogP contribution in [0.5, 0.6) is 0 Å². The molecule has 13 atom stereocenters. The topological polar surface area (TPSA) is 27.7 Å². The van der Waals surface area contributed by atoms with Crippen molar-refractivity contribution in [3.05, 3.63) is 0 Å². The van der Waals surface area contributed by atoms with E-state index < -0.39 is 0 Å². The zero-order valence-corrected chi connectivity index (χ0v) is 36.2. The second-order valence-corrected chi connectivity index (χ2v) is 16.4. The Kier molecular flexibility index (Phi) is 26.9. The lowest BCUT2D eigenvalue weighted by Crippen LogP contribution is -2.42. The molecule has 286 valence electrons. The fraction of sp³-hybridized carbons (Fsp3) is 1.00. The van der Waals surface area contributed by atoms with Gasteiger partial charge in [-0.25, -0.2) is 0 Å². The van der Waals surface area contributed by atoms with Crippen molar-refractivity contribution in [2.75, 3.05) is 6.61 Å². The van der Waals surface area contributed by atoms with Gasteiger partial charge < -0.3 is 14.2 Å². The predicted molar refractivity (Wildman–Crippen MR) is 211 cm³/mol. The molecule has 3 heterocycles. The second kappa shape index (κ2) is 25.8. The van der Waals surface area contributed by atoms with Crippen molar-refractivity contribution in [1.82, 2.24) is 0 Å². The maximum absolute atomic E-state index is 5.93. The van der Waals surface area contributed by atoms with Crippen LogP contribution >= 0.6 is 0 Å². The lowest BCUT2D eigenvalue weighted by atomic mass is 9.76. The highest BCUT2D eigenvalue weighted by Gasteiger charge is 2.36. The minimum absolute atomic E-state index is 0.446. The largest absolute Gasteiger partial charge is 0.378 e. The van der Waals surface area contributed by atoms with Gasteiger partial charge in [0.25, 0.3) is 0 Å². The van der Waals surface area contributed by atoms with Crippen molar-refractivity contribution >= 4 is 0 Å². The molecule has 47 heavy (non-hydrogen) atoms. The molecule has 0 saturated carbocycles. The monoisotopic (exact) mass is 669 g/mol. The number of rotatable bonds is 8. The molecule has 0 aromatic heterocycles. The van der Waals surface area contributed by atoms with Gasteiger partial charge in [0.2, 0.25) is 0 Å². The highest BCUT2D eigenvalue weighted by molar-refractivity contribution is 4.84. The standard InChI is InChI=1S/C11H22O.2C9H18O.C9H20.C6H14/c1-6-11-9(4)7(2)8(3)10(5)12-11;1-6-5-10-9(4)8(3)7(6)2;1-5-9-7(3)6(2)8(4)10-9;1-5-9(6-2,7-3)8-4;1-4-6(3)5-2/h7-11H,6H2,1-5H3;2*6-9H,5H2,1-4H3;5-8H2,1-4H3;6H,4-5H2,1-3H3. The summed E-state index contributed by atoms with van der Waals surface area (Å²) >= 11 is 0. The Bertz CT molecular complexity index is 676. The first-order valence-corrected chi connectivity index (χ1v) is 20.8. The predicted octanol–water partition coefficient (Wildman–Crippen LogP) is 13.9. The molecule has 0 aromatic rings. The van der Waals surface area contributed by atoms with Gasteiger partial charge in [0, 0.05) is 6.61 Å². The van der Waals surface area contributed by atoms with Gasteiger partial charge in [0.05, 0.1) is 30.5 Å². The Morgan fingerprint density at radius 2 is 0.809 bits per heavy atom. The molecule has 3 nitrogen and oxygen atoms in total. The van der Waals surface area contributed by atoms with Crippen LogP contribution in [0.25, 0.3) is 0 Å². The third-order valence-electron chi connectivity index (χ3n) is 14.2.